The molecule has 0 aromatic heterocycles. The predicted octanol–water partition coefficient (Wildman–Crippen LogP) is 1.42. The third-order valence-electron chi connectivity index (χ3n) is 1.68. The largest absolute Gasteiger partial charge is 0.289 e. The van der Waals surface area contributed by atoms with Crippen molar-refractivity contribution in [3.8, 4) is 0 Å². The van der Waals surface area contributed by atoms with Gasteiger partial charge in [0.25, 0.3) is 0 Å². The maximum Gasteiger partial charge on any atom is 0.192 e. The van der Waals surface area contributed by atoms with E-state index in [0.717, 1.165) is 5.57 Å². The standard InChI is InChI=1S/C9H10O2/c1-5(2)8-7(10)4-6(3)9(8)11/h4H,1-3H3. The van der Waals surface area contributed by atoms with Gasteiger partial charge in [-0.2, -0.15) is 0 Å². The van der Waals surface area contributed by atoms with Gasteiger partial charge in [0.2, 0.25) is 0 Å². The first-order valence-electron chi connectivity index (χ1n) is 3.49. The molecule has 58 valence electrons. The normalized spacial score (nSPS) is 17.4. The third kappa shape index (κ3) is 1.16. The summed E-state index contributed by atoms with van der Waals surface area (Å²) in [6.45, 7) is 5.21. The fraction of sp³-hybridized carbons (Fsp3) is 0.333. The molecule has 0 atom stereocenters. The summed E-state index contributed by atoms with van der Waals surface area (Å²) in [5.41, 5.74) is 1.70. The average Bonchev–Trinajstić information content (AvgIpc) is 2.07. The Balaban J connectivity index is 3.20. The van der Waals surface area contributed by atoms with Crippen molar-refractivity contribution in [2.24, 2.45) is 0 Å². The molecular weight excluding hydrogens is 140 g/mol. The summed E-state index contributed by atoms with van der Waals surface area (Å²) in [4.78, 5) is 22.3. The Bertz CT molecular complexity index is 289. The van der Waals surface area contributed by atoms with Crippen LogP contribution in [0.1, 0.15) is 20.8 Å². The van der Waals surface area contributed by atoms with Gasteiger partial charge in [-0.05, 0) is 26.8 Å². The number of rotatable bonds is 0. The lowest BCUT2D eigenvalue weighted by molar-refractivity contribution is -0.115. The lowest BCUT2D eigenvalue weighted by Gasteiger charge is -1.95. The second-order valence-electron chi connectivity index (χ2n) is 2.90. The summed E-state index contributed by atoms with van der Waals surface area (Å²) in [5, 5.41) is 0. The molecule has 0 heterocycles. The van der Waals surface area contributed by atoms with E-state index in [0.29, 0.717) is 11.1 Å². The molecule has 0 saturated carbocycles. The van der Waals surface area contributed by atoms with E-state index < -0.39 is 0 Å². The molecule has 2 heteroatoms. The van der Waals surface area contributed by atoms with Crippen molar-refractivity contribution in [2.45, 2.75) is 20.8 Å². The first kappa shape index (κ1) is 7.92. The summed E-state index contributed by atoms with van der Waals surface area (Å²) in [5.74, 6) is -0.262. The number of carbonyl (C=O) groups excluding carboxylic acids is 2. The zero-order valence-corrected chi connectivity index (χ0v) is 6.89. The van der Waals surface area contributed by atoms with Gasteiger partial charge in [-0.1, -0.05) is 5.57 Å². The van der Waals surface area contributed by atoms with Gasteiger partial charge >= 0.3 is 0 Å². The van der Waals surface area contributed by atoms with Gasteiger partial charge < -0.3 is 0 Å². The molecule has 0 saturated heterocycles. The number of Topliss-reactive ketones (excluding diaryl/α,β-unsaturated/α-hetero) is 1. The van der Waals surface area contributed by atoms with Crippen molar-refractivity contribution in [1.82, 2.24) is 0 Å². The Morgan fingerprint density at radius 1 is 1.27 bits per heavy atom. The quantitative estimate of drug-likeness (QED) is 0.386. The molecule has 0 aromatic carbocycles. The third-order valence-corrected chi connectivity index (χ3v) is 1.68. The molecule has 0 bridgehead atoms. The van der Waals surface area contributed by atoms with E-state index >= 15 is 0 Å². The Morgan fingerprint density at radius 2 is 1.82 bits per heavy atom. The maximum absolute atomic E-state index is 11.2. The summed E-state index contributed by atoms with van der Waals surface area (Å²) in [6, 6.07) is 0. The summed E-state index contributed by atoms with van der Waals surface area (Å²) in [7, 11) is 0. The molecule has 0 aliphatic heterocycles. The Kier molecular flexibility index (Phi) is 1.77. The Morgan fingerprint density at radius 3 is 2.00 bits per heavy atom. The summed E-state index contributed by atoms with van der Waals surface area (Å²) >= 11 is 0. The van der Waals surface area contributed by atoms with E-state index in [-0.39, 0.29) is 11.6 Å². The fourth-order valence-corrected chi connectivity index (χ4v) is 1.12. The van der Waals surface area contributed by atoms with Crippen LogP contribution in [0.3, 0.4) is 0 Å². The lowest BCUT2D eigenvalue weighted by atomic mass is 10.1. The maximum atomic E-state index is 11.2. The molecule has 0 unspecified atom stereocenters. The van der Waals surface area contributed by atoms with E-state index in [1.165, 1.54) is 6.08 Å². The molecule has 2 nitrogen and oxygen atoms in total. The average molecular weight is 150 g/mol. The van der Waals surface area contributed by atoms with Crippen molar-refractivity contribution >= 4 is 11.6 Å². The van der Waals surface area contributed by atoms with Crippen LogP contribution in [0.4, 0.5) is 0 Å². The highest BCUT2D eigenvalue weighted by Gasteiger charge is 2.25. The van der Waals surface area contributed by atoms with Crippen LogP contribution >= 0.6 is 0 Å². The van der Waals surface area contributed by atoms with Crippen LogP contribution in [0.2, 0.25) is 0 Å². The predicted molar refractivity (Wildman–Crippen MR) is 42.1 cm³/mol. The minimum absolute atomic E-state index is 0.116. The smallest absolute Gasteiger partial charge is 0.192 e. The molecule has 1 aliphatic carbocycles. The van der Waals surface area contributed by atoms with Gasteiger partial charge in [0.05, 0.1) is 5.57 Å². The van der Waals surface area contributed by atoms with Crippen molar-refractivity contribution < 1.29 is 9.59 Å². The minimum Gasteiger partial charge on any atom is -0.289 e. The van der Waals surface area contributed by atoms with E-state index in [1.807, 2.05) is 0 Å². The van der Waals surface area contributed by atoms with Gasteiger partial charge in [0.15, 0.2) is 11.6 Å². The van der Waals surface area contributed by atoms with Crippen molar-refractivity contribution in [3.05, 3.63) is 22.8 Å². The van der Waals surface area contributed by atoms with Crippen molar-refractivity contribution in [3.63, 3.8) is 0 Å². The molecule has 0 spiro atoms. The van der Waals surface area contributed by atoms with Gasteiger partial charge in [0.1, 0.15) is 0 Å². The zero-order valence-electron chi connectivity index (χ0n) is 6.89. The SMILES string of the molecule is CC1=CC(=O)C(=C(C)C)C1=O. The van der Waals surface area contributed by atoms with E-state index in [4.69, 9.17) is 0 Å². The first-order chi connectivity index (χ1) is 5.04. The van der Waals surface area contributed by atoms with E-state index in [2.05, 4.69) is 0 Å². The van der Waals surface area contributed by atoms with Gasteiger partial charge in [-0.25, -0.2) is 0 Å². The zero-order chi connectivity index (χ0) is 8.59. The van der Waals surface area contributed by atoms with Crippen molar-refractivity contribution in [2.75, 3.05) is 0 Å². The first-order valence-corrected chi connectivity index (χ1v) is 3.49. The topological polar surface area (TPSA) is 34.1 Å². The molecule has 0 N–H and O–H groups in total. The highest BCUT2D eigenvalue weighted by Crippen LogP contribution is 2.19. The number of allylic oxidation sites excluding steroid dienone is 4. The van der Waals surface area contributed by atoms with Crippen LogP contribution in [-0.4, -0.2) is 11.6 Å². The lowest BCUT2D eigenvalue weighted by Crippen LogP contribution is -2.04. The number of hydrogen-bond donors (Lipinski definition) is 0. The molecule has 0 aromatic rings. The van der Waals surface area contributed by atoms with Crippen LogP contribution in [0.5, 0.6) is 0 Å². The van der Waals surface area contributed by atoms with Crippen LogP contribution in [0, 0.1) is 0 Å². The highest BCUT2D eigenvalue weighted by atomic mass is 16.2. The van der Waals surface area contributed by atoms with E-state index in [1.54, 1.807) is 20.8 Å². The molecular formula is C9H10O2. The molecule has 0 amide bonds. The number of carbonyl (C=O) groups is 2. The van der Waals surface area contributed by atoms with Gasteiger partial charge in [0, 0.05) is 5.57 Å². The fourth-order valence-electron chi connectivity index (χ4n) is 1.12. The Hall–Kier alpha value is -1.18. The minimum atomic E-state index is -0.146. The molecule has 1 aliphatic rings. The Labute approximate surface area is 65.6 Å². The summed E-state index contributed by atoms with van der Waals surface area (Å²) < 4.78 is 0. The van der Waals surface area contributed by atoms with E-state index in [9.17, 15) is 9.59 Å². The molecule has 0 fully saturated rings. The van der Waals surface area contributed by atoms with Gasteiger partial charge in [-0.15, -0.1) is 0 Å². The monoisotopic (exact) mass is 150 g/mol. The molecule has 0 radical (unpaired) electrons. The van der Waals surface area contributed by atoms with Crippen molar-refractivity contribution in [1.29, 1.82) is 0 Å². The number of ketones is 2. The molecule has 1 rings (SSSR count). The van der Waals surface area contributed by atoms with Crippen LogP contribution in [0.25, 0.3) is 0 Å². The number of hydrogen-bond acceptors (Lipinski definition) is 2. The van der Waals surface area contributed by atoms with Crippen LogP contribution in [-0.2, 0) is 9.59 Å². The highest BCUT2D eigenvalue weighted by molar-refractivity contribution is 6.35. The molecule has 11 heavy (non-hydrogen) atoms. The van der Waals surface area contributed by atoms with Crippen LogP contribution < -0.4 is 0 Å². The second-order valence-corrected chi connectivity index (χ2v) is 2.90. The second kappa shape index (κ2) is 2.46. The summed E-state index contributed by atoms with van der Waals surface area (Å²) in [6.07, 6.45) is 1.39. The van der Waals surface area contributed by atoms with Crippen LogP contribution in [0.15, 0.2) is 22.8 Å². The van der Waals surface area contributed by atoms with Gasteiger partial charge in [-0.3, -0.25) is 9.59 Å².